The summed E-state index contributed by atoms with van der Waals surface area (Å²) in [6.07, 6.45) is -0.304. The van der Waals surface area contributed by atoms with Crippen LogP contribution in [0.15, 0.2) is 53.6 Å². The monoisotopic (exact) mass is 606 g/mol. The minimum Gasteiger partial charge on any atom is -0.480 e. The Hall–Kier alpha value is -3.81. The minimum absolute atomic E-state index is 0.0319. The summed E-state index contributed by atoms with van der Waals surface area (Å²) in [6, 6.07) is 10.4. The van der Waals surface area contributed by atoms with Crippen molar-refractivity contribution in [3.05, 3.63) is 76.2 Å². The van der Waals surface area contributed by atoms with Gasteiger partial charge < -0.3 is 14.8 Å². The highest BCUT2D eigenvalue weighted by atomic mass is 35.5. The van der Waals surface area contributed by atoms with Crippen LogP contribution < -0.4 is 10.1 Å². The van der Waals surface area contributed by atoms with Crippen LogP contribution in [0.5, 0.6) is 5.88 Å². The summed E-state index contributed by atoms with van der Waals surface area (Å²) in [6.45, 7) is -2.09. The average molecular weight is 607 g/mol. The Bertz CT molecular complexity index is 1760. The minimum atomic E-state index is -4.39. The van der Waals surface area contributed by atoms with Gasteiger partial charge in [0, 0.05) is 27.7 Å². The molecule has 0 fully saturated rings. The molecule has 41 heavy (non-hydrogen) atoms. The lowest BCUT2D eigenvalue weighted by Gasteiger charge is -2.12. The number of hydrogen-bond donors (Lipinski definition) is 1. The van der Waals surface area contributed by atoms with Gasteiger partial charge >= 0.3 is 0 Å². The van der Waals surface area contributed by atoms with Crippen LogP contribution in [-0.2, 0) is 27.7 Å². The molecule has 214 valence electrons. The van der Waals surface area contributed by atoms with Crippen LogP contribution in [-0.4, -0.2) is 55.2 Å². The van der Waals surface area contributed by atoms with Crippen molar-refractivity contribution in [1.82, 2.24) is 20.3 Å². The highest BCUT2D eigenvalue weighted by Gasteiger charge is 2.34. The van der Waals surface area contributed by atoms with E-state index in [1.807, 2.05) is 0 Å². The van der Waals surface area contributed by atoms with Gasteiger partial charge in [-0.3, -0.25) is 9.78 Å². The van der Waals surface area contributed by atoms with Crippen LogP contribution in [0.25, 0.3) is 22.2 Å². The Balaban J connectivity index is 1.38. The van der Waals surface area contributed by atoms with Gasteiger partial charge in [0.25, 0.3) is 5.91 Å². The van der Waals surface area contributed by atoms with Crippen LogP contribution in [0.3, 0.4) is 0 Å². The van der Waals surface area contributed by atoms with Gasteiger partial charge in [0.1, 0.15) is 6.67 Å². The average Bonchev–Trinajstić information content (AvgIpc) is 3.09. The molecular weight excluding hydrogens is 585 g/mol. The van der Waals surface area contributed by atoms with E-state index in [1.54, 1.807) is 30.5 Å². The molecule has 1 N–H and O–H groups in total. The zero-order valence-electron chi connectivity index (χ0n) is 21.4. The van der Waals surface area contributed by atoms with Gasteiger partial charge in [-0.15, -0.1) is 0 Å². The summed E-state index contributed by atoms with van der Waals surface area (Å²) in [5.41, 5.74) is -0.469. The number of nitrogens with one attached hydrogen (secondary N) is 1. The van der Waals surface area contributed by atoms with E-state index in [-0.39, 0.29) is 45.8 Å². The van der Waals surface area contributed by atoms with E-state index in [1.165, 1.54) is 19.2 Å². The van der Waals surface area contributed by atoms with Crippen LogP contribution in [0.4, 0.5) is 13.2 Å². The largest absolute Gasteiger partial charge is 0.480 e. The lowest BCUT2D eigenvalue weighted by Crippen LogP contribution is -2.24. The fraction of sp³-hybridized carbons (Fsp3) is 0.259. The number of pyridine rings is 3. The predicted molar refractivity (Wildman–Crippen MR) is 144 cm³/mol. The smallest absolute Gasteiger partial charge is 0.251 e. The number of fused-ring (bicyclic) bond motifs is 2. The van der Waals surface area contributed by atoms with E-state index in [2.05, 4.69) is 20.3 Å². The van der Waals surface area contributed by atoms with Gasteiger partial charge in [-0.25, -0.2) is 31.6 Å². The van der Waals surface area contributed by atoms with Gasteiger partial charge in [-0.05, 0) is 42.5 Å². The number of carbonyl (C=O) groups is 1. The third-order valence-corrected chi connectivity index (χ3v) is 8.55. The first kappa shape index (κ1) is 28.7. The van der Waals surface area contributed by atoms with Crippen molar-refractivity contribution >= 4 is 38.2 Å². The highest BCUT2D eigenvalue weighted by molar-refractivity contribution is 7.92. The maximum Gasteiger partial charge on any atom is 0.251 e. The molecule has 0 spiro atoms. The van der Waals surface area contributed by atoms with Crippen molar-refractivity contribution in [2.24, 2.45) is 0 Å². The Morgan fingerprint density at radius 2 is 2.02 bits per heavy atom. The number of benzene rings is 1. The lowest BCUT2D eigenvalue weighted by molar-refractivity contribution is 0.0947. The van der Waals surface area contributed by atoms with Gasteiger partial charge in [-0.1, -0.05) is 11.6 Å². The van der Waals surface area contributed by atoms with E-state index in [0.717, 1.165) is 6.07 Å². The van der Waals surface area contributed by atoms with Crippen molar-refractivity contribution in [2.45, 2.75) is 29.7 Å². The fourth-order valence-electron chi connectivity index (χ4n) is 4.25. The Morgan fingerprint density at radius 1 is 1.22 bits per heavy atom. The maximum atomic E-state index is 14.2. The van der Waals surface area contributed by atoms with Crippen LogP contribution >= 0.6 is 11.6 Å². The number of sulfone groups is 1. The van der Waals surface area contributed by atoms with Crippen LogP contribution in [0, 0.1) is 0 Å². The second kappa shape index (κ2) is 11.6. The molecule has 9 nitrogen and oxygen atoms in total. The number of ether oxygens (including phenoxy) is 2. The fourth-order valence-corrected chi connectivity index (χ4v) is 5.94. The Morgan fingerprint density at radius 3 is 2.78 bits per heavy atom. The number of carbonyl (C=O) groups excluding carboxylic acids is 1. The summed E-state index contributed by atoms with van der Waals surface area (Å²) in [5, 5.41) is 3.31. The summed E-state index contributed by atoms with van der Waals surface area (Å²) < 4.78 is 76.2. The summed E-state index contributed by atoms with van der Waals surface area (Å²) in [7, 11) is -3.03. The van der Waals surface area contributed by atoms with Gasteiger partial charge in [0.15, 0.2) is 6.17 Å². The molecule has 0 saturated heterocycles. The van der Waals surface area contributed by atoms with Crippen molar-refractivity contribution in [3.8, 4) is 17.1 Å². The summed E-state index contributed by atoms with van der Waals surface area (Å²) in [4.78, 5) is 25.5. The molecule has 14 heteroatoms. The SMILES string of the molecule is COc1nc([C@@H](F)CF)ccc1-c1ccc2cnc(CNC(=O)c3cc(Cl)c4c(c3)S(=O)(=O)[C@@H](F)COC4)cc2n1. The molecule has 5 rings (SSSR count). The van der Waals surface area contributed by atoms with E-state index in [9.17, 15) is 26.4 Å². The number of methoxy groups -OCH3 is 1. The summed E-state index contributed by atoms with van der Waals surface area (Å²) in [5.74, 6) is -0.566. The first-order valence-electron chi connectivity index (χ1n) is 12.2. The van der Waals surface area contributed by atoms with Crippen molar-refractivity contribution in [1.29, 1.82) is 0 Å². The van der Waals surface area contributed by atoms with E-state index in [0.29, 0.717) is 27.9 Å². The summed E-state index contributed by atoms with van der Waals surface area (Å²) >= 11 is 6.22. The van der Waals surface area contributed by atoms with E-state index < -0.39 is 40.7 Å². The van der Waals surface area contributed by atoms with Crippen molar-refractivity contribution in [3.63, 3.8) is 0 Å². The number of aromatic nitrogens is 3. The topological polar surface area (TPSA) is 120 Å². The molecule has 0 unspecified atom stereocenters. The van der Waals surface area contributed by atoms with Crippen molar-refractivity contribution in [2.75, 3.05) is 20.4 Å². The Labute approximate surface area is 237 Å². The molecule has 0 aliphatic carbocycles. The number of halogens is 4. The van der Waals surface area contributed by atoms with E-state index in [4.69, 9.17) is 21.1 Å². The van der Waals surface area contributed by atoms with Crippen LogP contribution in [0.2, 0.25) is 5.02 Å². The first-order valence-corrected chi connectivity index (χ1v) is 14.1. The lowest BCUT2D eigenvalue weighted by atomic mass is 10.1. The number of alkyl halides is 3. The quantitative estimate of drug-likeness (QED) is 0.317. The van der Waals surface area contributed by atoms with Crippen LogP contribution in [0.1, 0.15) is 33.5 Å². The molecule has 0 bridgehead atoms. The molecular formula is C27H22ClF3N4O5S. The molecule has 0 radical (unpaired) electrons. The zero-order chi connectivity index (χ0) is 29.3. The molecule has 0 saturated carbocycles. The highest BCUT2D eigenvalue weighted by Crippen LogP contribution is 2.33. The third kappa shape index (κ3) is 5.69. The third-order valence-electron chi connectivity index (χ3n) is 6.42. The molecule has 1 amide bonds. The number of nitrogens with zero attached hydrogens (tertiary/aromatic N) is 3. The van der Waals surface area contributed by atoms with Gasteiger partial charge in [0.05, 0.1) is 59.9 Å². The maximum absolute atomic E-state index is 14.2. The standard InChI is InChI=1S/C27H22ClF3N4O5S/c1-39-27-17(3-5-22(35-27)20(30)9-29)21-4-2-14-10-32-16(8-23(14)34-21)11-33-26(36)15-6-19(28)18-12-40-13-25(31)41(37,38)24(18)7-15/h2-8,10,20,25H,9,11-13H2,1H3,(H,33,36)/t20-,25+/m0/s1. The number of amides is 1. The second-order valence-electron chi connectivity index (χ2n) is 9.07. The molecule has 4 aromatic rings. The number of rotatable bonds is 7. The molecule has 2 atom stereocenters. The molecule has 1 aliphatic heterocycles. The molecule has 3 aromatic heterocycles. The van der Waals surface area contributed by atoms with Gasteiger partial charge in [0.2, 0.25) is 21.2 Å². The molecule has 4 heterocycles. The second-order valence-corrected chi connectivity index (χ2v) is 11.5. The van der Waals surface area contributed by atoms with E-state index >= 15 is 0 Å². The normalized spacial score (nSPS) is 17.0. The molecule has 1 aliphatic rings. The Kier molecular flexibility index (Phi) is 8.11. The predicted octanol–water partition coefficient (Wildman–Crippen LogP) is 4.86. The zero-order valence-corrected chi connectivity index (χ0v) is 23.0. The van der Waals surface area contributed by atoms with Gasteiger partial charge in [-0.2, -0.15) is 0 Å². The molecule has 1 aromatic carbocycles. The first-order chi connectivity index (χ1) is 19.6. The van der Waals surface area contributed by atoms with Crippen molar-refractivity contribution < 1.29 is 35.9 Å². The number of hydrogen-bond acceptors (Lipinski definition) is 8.